The quantitative estimate of drug-likeness (QED) is 0.732. The zero-order valence-electron chi connectivity index (χ0n) is 6.44. The molecule has 1 N–H and O–H groups in total. The minimum absolute atomic E-state index is 0.259. The van der Waals surface area contributed by atoms with Gasteiger partial charge < -0.3 is 0 Å². The molecule has 0 fully saturated rings. The second-order valence-electron chi connectivity index (χ2n) is 2.19. The molecule has 0 aromatic heterocycles. The summed E-state index contributed by atoms with van der Waals surface area (Å²) < 4.78 is 5.57. The maximum atomic E-state index is 10.6. The third-order valence-electron chi connectivity index (χ3n) is 1.43. The number of methoxy groups -OCH3 is 1. The fourth-order valence-corrected chi connectivity index (χ4v) is 1.31. The standard InChI is InChI=1S/C8H7AsO3/c1-12-5-2-3-7(9)6(4-5)8(10)11/h2-4H,1H3,(H,10,11). The molecule has 2 radical (unpaired) electrons. The summed E-state index contributed by atoms with van der Waals surface area (Å²) in [5, 5.41) is 8.72. The van der Waals surface area contributed by atoms with Crippen molar-refractivity contribution in [2.24, 2.45) is 0 Å². The molecule has 0 unspecified atom stereocenters. The van der Waals surface area contributed by atoms with Gasteiger partial charge in [-0.15, -0.1) is 0 Å². The van der Waals surface area contributed by atoms with Crippen molar-refractivity contribution < 1.29 is 14.6 Å². The summed E-state index contributed by atoms with van der Waals surface area (Å²) in [5.74, 6) is -0.383. The Balaban J connectivity index is 3.17. The van der Waals surface area contributed by atoms with Gasteiger partial charge in [-0.25, -0.2) is 0 Å². The molecule has 0 saturated carbocycles. The summed E-state index contributed by atoms with van der Waals surface area (Å²) in [6.07, 6.45) is 0. The molecule has 0 aliphatic carbocycles. The number of carbonyl (C=O) groups is 1. The SMILES string of the molecule is COc1ccc([As])c(C(=O)O)c1. The van der Waals surface area contributed by atoms with Crippen LogP contribution in [0.25, 0.3) is 0 Å². The summed E-state index contributed by atoms with van der Waals surface area (Å²) in [5.41, 5.74) is 0.259. The summed E-state index contributed by atoms with van der Waals surface area (Å²) >= 11 is 2.21. The van der Waals surface area contributed by atoms with Crippen molar-refractivity contribution in [2.75, 3.05) is 7.11 Å². The molecule has 1 aromatic rings. The molecule has 4 heteroatoms. The van der Waals surface area contributed by atoms with Gasteiger partial charge in [-0.3, -0.25) is 0 Å². The van der Waals surface area contributed by atoms with Crippen LogP contribution in [0, 0.1) is 0 Å². The molecular weight excluding hydrogens is 219 g/mol. The van der Waals surface area contributed by atoms with Crippen LogP contribution in [0.5, 0.6) is 5.75 Å². The Kier molecular flexibility index (Phi) is 2.77. The number of rotatable bonds is 2. The maximum absolute atomic E-state index is 10.6. The summed E-state index contributed by atoms with van der Waals surface area (Å²) in [6, 6.07) is 4.91. The van der Waals surface area contributed by atoms with Crippen molar-refractivity contribution in [3.05, 3.63) is 23.8 Å². The molecule has 1 rings (SSSR count). The number of aromatic carboxylic acids is 1. The molecule has 0 spiro atoms. The van der Waals surface area contributed by atoms with Gasteiger partial charge in [-0.05, 0) is 0 Å². The van der Waals surface area contributed by atoms with Gasteiger partial charge in [0.25, 0.3) is 0 Å². The van der Waals surface area contributed by atoms with E-state index in [1.54, 1.807) is 12.1 Å². The van der Waals surface area contributed by atoms with E-state index in [0.29, 0.717) is 10.1 Å². The Morgan fingerprint density at radius 3 is 2.75 bits per heavy atom. The Morgan fingerprint density at radius 1 is 1.58 bits per heavy atom. The molecule has 0 saturated heterocycles. The van der Waals surface area contributed by atoms with Gasteiger partial charge in [0, 0.05) is 0 Å². The first-order chi connectivity index (χ1) is 5.65. The molecule has 0 amide bonds. The van der Waals surface area contributed by atoms with Crippen LogP contribution in [-0.4, -0.2) is 35.0 Å². The van der Waals surface area contributed by atoms with Crippen molar-refractivity contribution >= 4 is 27.2 Å². The fourth-order valence-electron chi connectivity index (χ4n) is 0.813. The topological polar surface area (TPSA) is 46.5 Å². The van der Waals surface area contributed by atoms with Crippen molar-refractivity contribution in [3.63, 3.8) is 0 Å². The first-order valence-electron chi connectivity index (χ1n) is 3.25. The summed E-state index contributed by atoms with van der Waals surface area (Å²) in [7, 11) is 1.51. The van der Waals surface area contributed by atoms with Crippen LogP contribution in [0.3, 0.4) is 0 Å². The molecule has 62 valence electrons. The van der Waals surface area contributed by atoms with Gasteiger partial charge in [0.1, 0.15) is 0 Å². The van der Waals surface area contributed by atoms with Crippen molar-refractivity contribution in [3.8, 4) is 5.75 Å². The van der Waals surface area contributed by atoms with Gasteiger partial charge in [-0.1, -0.05) is 0 Å². The van der Waals surface area contributed by atoms with Crippen molar-refractivity contribution in [1.82, 2.24) is 0 Å². The summed E-state index contributed by atoms with van der Waals surface area (Å²) in [6.45, 7) is 0. The second-order valence-corrected chi connectivity index (χ2v) is 3.20. The summed E-state index contributed by atoms with van der Waals surface area (Å²) in [4.78, 5) is 10.6. The molecule has 3 nitrogen and oxygen atoms in total. The molecule has 0 aliphatic rings. The van der Waals surface area contributed by atoms with Crippen LogP contribution in [0.15, 0.2) is 18.2 Å². The van der Waals surface area contributed by atoms with E-state index in [9.17, 15) is 4.79 Å². The average molecular weight is 226 g/mol. The van der Waals surface area contributed by atoms with Gasteiger partial charge in [-0.2, -0.15) is 0 Å². The van der Waals surface area contributed by atoms with E-state index in [-0.39, 0.29) is 5.56 Å². The third kappa shape index (κ3) is 1.80. The van der Waals surface area contributed by atoms with E-state index in [4.69, 9.17) is 9.84 Å². The average Bonchev–Trinajstić information content (AvgIpc) is 2.05. The normalized spacial score (nSPS) is 9.50. The number of hydrogen-bond acceptors (Lipinski definition) is 2. The van der Waals surface area contributed by atoms with Gasteiger partial charge >= 0.3 is 78.4 Å². The van der Waals surface area contributed by atoms with Crippen LogP contribution >= 0.6 is 0 Å². The Bertz CT molecular complexity index is 309. The molecule has 0 atom stereocenters. The molecule has 0 heterocycles. The van der Waals surface area contributed by atoms with E-state index in [1.807, 2.05) is 0 Å². The number of hydrogen-bond donors (Lipinski definition) is 1. The Hall–Kier alpha value is -0.952. The van der Waals surface area contributed by atoms with Gasteiger partial charge in [0.05, 0.1) is 0 Å². The Morgan fingerprint density at radius 2 is 2.25 bits per heavy atom. The van der Waals surface area contributed by atoms with Crippen LogP contribution in [-0.2, 0) is 0 Å². The first kappa shape index (κ1) is 9.14. The zero-order valence-corrected chi connectivity index (χ0v) is 8.32. The van der Waals surface area contributed by atoms with E-state index >= 15 is 0 Å². The van der Waals surface area contributed by atoms with Crippen LogP contribution < -0.4 is 9.09 Å². The predicted octanol–water partition coefficient (Wildman–Crippen LogP) is 0.187. The van der Waals surface area contributed by atoms with Crippen LogP contribution in [0.2, 0.25) is 0 Å². The minimum atomic E-state index is -0.940. The van der Waals surface area contributed by atoms with E-state index in [1.165, 1.54) is 13.2 Å². The van der Waals surface area contributed by atoms with Crippen LogP contribution in [0.4, 0.5) is 0 Å². The zero-order chi connectivity index (χ0) is 9.14. The molecule has 0 bridgehead atoms. The monoisotopic (exact) mass is 226 g/mol. The third-order valence-corrected chi connectivity index (χ3v) is 2.25. The molecule has 0 aliphatic heterocycles. The molecular formula is C8H7AsO3. The first-order valence-corrected chi connectivity index (χ1v) is 4.19. The second kappa shape index (κ2) is 3.63. The van der Waals surface area contributed by atoms with Gasteiger partial charge in [0.15, 0.2) is 0 Å². The number of carboxylic acids is 1. The Labute approximate surface area is 78.9 Å². The molecule has 12 heavy (non-hydrogen) atoms. The number of benzene rings is 1. The number of ether oxygens (including phenoxy) is 1. The fraction of sp³-hybridized carbons (Fsp3) is 0.125. The van der Waals surface area contributed by atoms with E-state index in [2.05, 4.69) is 16.9 Å². The van der Waals surface area contributed by atoms with Crippen molar-refractivity contribution in [2.45, 2.75) is 0 Å². The van der Waals surface area contributed by atoms with Gasteiger partial charge in [0.2, 0.25) is 0 Å². The molecule has 1 aromatic carbocycles. The van der Waals surface area contributed by atoms with Crippen LogP contribution in [0.1, 0.15) is 10.4 Å². The van der Waals surface area contributed by atoms with E-state index < -0.39 is 5.97 Å². The van der Waals surface area contributed by atoms with E-state index in [0.717, 1.165) is 0 Å². The van der Waals surface area contributed by atoms with Crippen molar-refractivity contribution in [1.29, 1.82) is 0 Å². The predicted molar refractivity (Wildman–Crippen MR) is 45.3 cm³/mol. The number of carboxylic acid groups (broad SMARTS) is 1.